The fraction of sp³-hybridized carbons (Fsp3) is 1.00. The molecule has 2 aliphatic rings. The molecule has 0 radical (unpaired) electrons. The topological polar surface area (TPSA) is 60.2 Å². The molecule has 124 valence electrons. The maximum atomic E-state index is 11.9. The lowest BCUT2D eigenvalue weighted by atomic mass is 9.66. The van der Waals surface area contributed by atoms with Crippen LogP contribution in [-0.2, 0) is 9.84 Å². The molecule has 0 heterocycles. The zero-order chi connectivity index (χ0) is 15.7. The van der Waals surface area contributed by atoms with E-state index in [1.165, 1.54) is 38.4 Å². The van der Waals surface area contributed by atoms with Crippen LogP contribution in [-0.4, -0.2) is 26.0 Å². The summed E-state index contributed by atoms with van der Waals surface area (Å²) >= 11 is 0. The zero-order valence-electron chi connectivity index (χ0n) is 14.0. The van der Waals surface area contributed by atoms with E-state index in [2.05, 4.69) is 13.8 Å². The Morgan fingerprint density at radius 3 is 2.29 bits per heavy atom. The van der Waals surface area contributed by atoms with Crippen molar-refractivity contribution in [2.24, 2.45) is 23.0 Å². The molecule has 2 aliphatic carbocycles. The molecule has 4 heteroatoms. The molecule has 2 fully saturated rings. The molecule has 0 aliphatic heterocycles. The number of sulfone groups is 1. The Kier molecular flexibility index (Phi) is 5.40. The summed E-state index contributed by atoms with van der Waals surface area (Å²) in [5.41, 5.74) is 7.02. The predicted octanol–water partition coefficient (Wildman–Crippen LogP) is 3.52. The van der Waals surface area contributed by atoms with Gasteiger partial charge in [0, 0.05) is 12.3 Å². The molecular weight excluding hydrogens is 282 g/mol. The Balaban J connectivity index is 2.11. The summed E-state index contributed by atoms with van der Waals surface area (Å²) in [4.78, 5) is 0. The third-order valence-electron chi connectivity index (χ3n) is 5.90. The first-order valence-corrected chi connectivity index (χ1v) is 10.6. The van der Waals surface area contributed by atoms with Gasteiger partial charge in [-0.25, -0.2) is 8.42 Å². The molecule has 0 spiro atoms. The van der Waals surface area contributed by atoms with Crippen molar-refractivity contribution in [3.05, 3.63) is 0 Å². The minimum absolute atomic E-state index is 0.153. The molecule has 0 bridgehead atoms. The van der Waals surface area contributed by atoms with Gasteiger partial charge in [0.2, 0.25) is 0 Å². The van der Waals surface area contributed by atoms with Crippen LogP contribution in [0.3, 0.4) is 0 Å². The minimum atomic E-state index is -2.91. The van der Waals surface area contributed by atoms with Gasteiger partial charge in [-0.15, -0.1) is 0 Å². The highest BCUT2D eigenvalue weighted by molar-refractivity contribution is 7.91. The molecule has 0 aromatic rings. The van der Waals surface area contributed by atoms with Crippen LogP contribution in [0.15, 0.2) is 0 Å². The van der Waals surface area contributed by atoms with Gasteiger partial charge in [-0.1, -0.05) is 33.1 Å². The molecule has 3 atom stereocenters. The molecule has 2 saturated carbocycles. The monoisotopic (exact) mass is 315 g/mol. The molecule has 3 unspecified atom stereocenters. The van der Waals surface area contributed by atoms with Gasteiger partial charge in [0.1, 0.15) is 9.84 Å². The van der Waals surface area contributed by atoms with E-state index >= 15 is 0 Å². The normalized spacial score (nSPS) is 31.5. The van der Waals surface area contributed by atoms with Gasteiger partial charge < -0.3 is 5.73 Å². The Bertz CT molecular complexity index is 438. The summed E-state index contributed by atoms with van der Waals surface area (Å²) < 4.78 is 23.8. The Hall–Kier alpha value is -0.0900. The van der Waals surface area contributed by atoms with Gasteiger partial charge in [-0.3, -0.25) is 0 Å². The van der Waals surface area contributed by atoms with E-state index < -0.39 is 9.84 Å². The molecular formula is C17H33NO2S. The van der Waals surface area contributed by atoms with E-state index in [1.807, 2.05) is 0 Å². The van der Waals surface area contributed by atoms with Crippen molar-refractivity contribution in [2.75, 3.05) is 6.26 Å². The molecule has 0 aromatic heterocycles. The lowest BCUT2D eigenvalue weighted by Crippen LogP contribution is -2.48. The summed E-state index contributed by atoms with van der Waals surface area (Å²) in [6, 6.07) is 0.187. The summed E-state index contributed by atoms with van der Waals surface area (Å²) in [6.07, 6.45) is 11.4. The van der Waals surface area contributed by atoms with Crippen molar-refractivity contribution in [3.8, 4) is 0 Å². The second-order valence-electron chi connectivity index (χ2n) is 8.07. The highest BCUT2D eigenvalue weighted by Gasteiger charge is 2.44. The minimum Gasteiger partial charge on any atom is -0.327 e. The van der Waals surface area contributed by atoms with Crippen LogP contribution < -0.4 is 5.73 Å². The predicted molar refractivity (Wildman–Crippen MR) is 88.9 cm³/mol. The smallest absolute Gasteiger partial charge is 0.150 e. The summed E-state index contributed by atoms with van der Waals surface area (Å²) in [5.74, 6) is 1.07. The van der Waals surface area contributed by atoms with Crippen LogP contribution >= 0.6 is 0 Å². The maximum absolute atomic E-state index is 11.9. The van der Waals surface area contributed by atoms with E-state index in [0.717, 1.165) is 25.7 Å². The molecule has 3 nitrogen and oxygen atoms in total. The quantitative estimate of drug-likeness (QED) is 0.844. The number of hydrogen-bond donors (Lipinski definition) is 1. The van der Waals surface area contributed by atoms with Gasteiger partial charge in [0.05, 0.1) is 5.25 Å². The van der Waals surface area contributed by atoms with Gasteiger partial charge in [0.15, 0.2) is 0 Å². The second-order valence-corrected chi connectivity index (χ2v) is 10.4. The largest absolute Gasteiger partial charge is 0.327 e. The molecule has 0 aromatic carbocycles. The third kappa shape index (κ3) is 4.01. The summed E-state index contributed by atoms with van der Waals surface area (Å²) in [5, 5.41) is -0.153. The van der Waals surface area contributed by atoms with Crippen molar-refractivity contribution >= 4 is 9.84 Å². The van der Waals surface area contributed by atoms with Crippen molar-refractivity contribution < 1.29 is 8.42 Å². The first-order chi connectivity index (χ1) is 9.74. The first-order valence-electron chi connectivity index (χ1n) is 8.69. The highest BCUT2D eigenvalue weighted by atomic mass is 32.2. The lowest BCUT2D eigenvalue weighted by molar-refractivity contribution is 0.119. The molecule has 0 amide bonds. The highest BCUT2D eigenvalue weighted by Crippen LogP contribution is 2.49. The van der Waals surface area contributed by atoms with Crippen LogP contribution in [0, 0.1) is 17.3 Å². The standard InChI is InChI=1S/C17H33NO2S/c1-13(2)12-17(9-4-5-10-17)16(18)14-7-6-8-15(11-14)21(3,19)20/h13-16H,4-12,18H2,1-3H3. The van der Waals surface area contributed by atoms with Crippen LogP contribution in [0.1, 0.15) is 71.6 Å². The fourth-order valence-electron chi connectivity index (χ4n) is 4.96. The second kappa shape index (κ2) is 6.57. The van der Waals surface area contributed by atoms with E-state index in [-0.39, 0.29) is 16.7 Å². The van der Waals surface area contributed by atoms with Crippen molar-refractivity contribution in [3.63, 3.8) is 0 Å². The van der Waals surface area contributed by atoms with Gasteiger partial charge >= 0.3 is 0 Å². The van der Waals surface area contributed by atoms with Crippen molar-refractivity contribution in [2.45, 2.75) is 82.9 Å². The van der Waals surface area contributed by atoms with Crippen LogP contribution in [0.5, 0.6) is 0 Å². The SMILES string of the molecule is CC(C)CC1(C(N)C2CCCC(S(C)(=O)=O)C2)CCCC1. The van der Waals surface area contributed by atoms with E-state index in [9.17, 15) is 8.42 Å². The van der Waals surface area contributed by atoms with Crippen LogP contribution in [0.25, 0.3) is 0 Å². The van der Waals surface area contributed by atoms with Gasteiger partial charge in [0.25, 0.3) is 0 Å². The fourth-order valence-corrected chi connectivity index (χ4v) is 6.15. The summed E-state index contributed by atoms with van der Waals surface area (Å²) in [7, 11) is -2.91. The Morgan fingerprint density at radius 2 is 1.76 bits per heavy atom. The van der Waals surface area contributed by atoms with Crippen LogP contribution in [0.4, 0.5) is 0 Å². The molecule has 2 rings (SSSR count). The van der Waals surface area contributed by atoms with Crippen molar-refractivity contribution in [1.29, 1.82) is 0 Å². The maximum Gasteiger partial charge on any atom is 0.150 e. The molecule has 2 N–H and O–H groups in total. The number of hydrogen-bond acceptors (Lipinski definition) is 3. The van der Waals surface area contributed by atoms with E-state index in [0.29, 0.717) is 11.8 Å². The average Bonchev–Trinajstić information content (AvgIpc) is 2.86. The van der Waals surface area contributed by atoms with E-state index in [1.54, 1.807) is 0 Å². The number of rotatable bonds is 5. The molecule has 0 saturated heterocycles. The van der Waals surface area contributed by atoms with Crippen LogP contribution in [0.2, 0.25) is 0 Å². The van der Waals surface area contributed by atoms with E-state index in [4.69, 9.17) is 5.73 Å². The first kappa shape index (κ1) is 17.3. The summed E-state index contributed by atoms with van der Waals surface area (Å²) in [6.45, 7) is 4.57. The average molecular weight is 316 g/mol. The van der Waals surface area contributed by atoms with Gasteiger partial charge in [-0.2, -0.15) is 0 Å². The third-order valence-corrected chi connectivity index (χ3v) is 7.54. The van der Waals surface area contributed by atoms with Crippen molar-refractivity contribution in [1.82, 2.24) is 0 Å². The lowest BCUT2D eigenvalue weighted by Gasteiger charge is -2.43. The van der Waals surface area contributed by atoms with Gasteiger partial charge in [-0.05, 0) is 55.8 Å². The zero-order valence-corrected chi connectivity index (χ0v) is 14.8. The Morgan fingerprint density at radius 1 is 1.14 bits per heavy atom. The Labute approximate surface area is 131 Å². The number of nitrogens with two attached hydrogens (primary N) is 1. The molecule has 21 heavy (non-hydrogen) atoms.